The van der Waals surface area contributed by atoms with Crippen molar-refractivity contribution in [3.05, 3.63) is 42.1 Å². The molecule has 0 radical (unpaired) electrons. The zero-order valence-electron chi connectivity index (χ0n) is 12.0. The number of para-hydroxylation sites is 1. The number of aromatic nitrogens is 1. The van der Waals surface area contributed by atoms with E-state index < -0.39 is 17.9 Å². The van der Waals surface area contributed by atoms with Crippen molar-refractivity contribution in [1.82, 2.24) is 10.3 Å². The van der Waals surface area contributed by atoms with Crippen LogP contribution in [0.4, 0.5) is 0 Å². The van der Waals surface area contributed by atoms with Gasteiger partial charge in [-0.25, -0.2) is 4.79 Å². The predicted octanol–water partition coefficient (Wildman–Crippen LogP) is 2.22. The molecule has 1 aromatic heterocycles. The monoisotopic (exact) mass is 296 g/mol. The van der Waals surface area contributed by atoms with Gasteiger partial charge in [0.2, 0.25) is 0 Å². The first kappa shape index (κ1) is 15.5. The molecule has 0 bridgehead atoms. The maximum absolute atomic E-state index is 12.2. The molecular weight excluding hydrogens is 280 g/mol. The van der Waals surface area contributed by atoms with Gasteiger partial charge in [0.15, 0.2) is 0 Å². The Kier molecular flexibility index (Phi) is 5.10. The van der Waals surface area contributed by atoms with Gasteiger partial charge in [0.25, 0.3) is 5.91 Å². The lowest BCUT2D eigenvalue weighted by molar-refractivity contribution is -0.139. The SMILES string of the molecule is C#CCCC[C@H](NC(=O)c1cnc2ccccc2c1)C(=O)O. The number of carbonyl (C=O) groups is 2. The van der Waals surface area contributed by atoms with Gasteiger partial charge >= 0.3 is 5.97 Å². The average Bonchev–Trinajstić information content (AvgIpc) is 2.53. The average molecular weight is 296 g/mol. The summed E-state index contributed by atoms with van der Waals surface area (Å²) in [6.07, 6.45) is 7.91. The van der Waals surface area contributed by atoms with Crippen molar-refractivity contribution in [2.24, 2.45) is 0 Å². The highest BCUT2D eigenvalue weighted by Crippen LogP contribution is 2.13. The maximum Gasteiger partial charge on any atom is 0.326 e. The van der Waals surface area contributed by atoms with Crippen LogP contribution in [0.25, 0.3) is 10.9 Å². The predicted molar refractivity (Wildman–Crippen MR) is 83.3 cm³/mol. The molecule has 0 fully saturated rings. The number of terminal acetylenes is 1. The van der Waals surface area contributed by atoms with Crippen molar-refractivity contribution >= 4 is 22.8 Å². The summed E-state index contributed by atoms with van der Waals surface area (Å²) in [5.41, 5.74) is 1.12. The van der Waals surface area contributed by atoms with Crippen molar-refractivity contribution in [3.8, 4) is 12.3 Å². The number of hydrogen-bond acceptors (Lipinski definition) is 3. The van der Waals surface area contributed by atoms with Crippen LogP contribution in [-0.4, -0.2) is 28.0 Å². The number of nitrogens with one attached hydrogen (secondary N) is 1. The third kappa shape index (κ3) is 3.83. The minimum absolute atomic E-state index is 0.298. The Hall–Kier alpha value is -2.87. The molecule has 22 heavy (non-hydrogen) atoms. The molecule has 5 heteroatoms. The summed E-state index contributed by atoms with van der Waals surface area (Å²) in [6.45, 7) is 0. The van der Waals surface area contributed by atoms with Gasteiger partial charge in [-0.05, 0) is 25.0 Å². The van der Waals surface area contributed by atoms with Crippen molar-refractivity contribution in [3.63, 3.8) is 0 Å². The fraction of sp³-hybridized carbons (Fsp3) is 0.235. The van der Waals surface area contributed by atoms with E-state index in [4.69, 9.17) is 11.5 Å². The Morgan fingerprint density at radius 2 is 2.14 bits per heavy atom. The van der Waals surface area contributed by atoms with Crippen molar-refractivity contribution in [2.45, 2.75) is 25.3 Å². The third-order valence-electron chi connectivity index (χ3n) is 3.27. The number of carboxylic acids is 1. The Morgan fingerprint density at radius 1 is 1.36 bits per heavy atom. The van der Waals surface area contributed by atoms with E-state index in [0.717, 1.165) is 10.9 Å². The molecule has 0 aliphatic rings. The van der Waals surface area contributed by atoms with Crippen molar-refractivity contribution in [2.75, 3.05) is 0 Å². The molecule has 1 amide bonds. The zero-order chi connectivity index (χ0) is 15.9. The van der Waals surface area contributed by atoms with Gasteiger partial charge < -0.3 is 10.4 Å². The van der Waals surface area contributed by atoms with Crippen molar-refractivity contribution in [1.29, 1.82) is 0 Å². The minimum Gasteiger partial charge on any atom is -0.480 e. The van der Waals surface area contributed by atoms with Crippen LogP contribution in [0.1, 0.15) is 29.6 Å². The highest BCUT2D eigenvalue weighted by molar-refractivity contribution is 5.99. The summed E-state index contributed by atoms with van der Waals surface area (Å²) in [6, 6.07) is 8.15. The molecule has 1 aromatic carbocycles. The topological polar surface area (TPSA) is 79.3 Å². The van der Waals surface area contributed by atoms with E-state index in [2.05, 4.69) is 16.2 Å². The van der Waals surface area contributed by atoms with Crippen LogP contribution < -0.4 is 5.32 Å². The molecule has 5 nitrogen and oxygen atoms in total. The number of carbonyl (C=O) groups excluding carboxylic acids is 1. The fourth-order valence-corrected chi connectivity index (χ4v) is 2.10. The summed E-state index contributed by atoms with van der Waals surface area (Å²) >= 11 is 0. The molecule has 0 aliphatic heterocycles. The summed E-state index contributed by atoms with van der Waals surface area (Å²) in [5.74, 6) is 0.929. The number of nitrogens with zero attached hydrogens (tertiary/aromatic N) is 1. The summed E-state index contributed by atoms with van der Waals surface area (Å²) in [7, 11) is 0. The van der Waals surface area contributed by atoms with Gasteiger partial charge in [-0.1, -0.05) is 18.2 Å². The number of carboxylic acid groups (broad SMARTS) is 1. The Labute approximate surface area is 128 Å². The fourth-order valence-electron chi connectivity index (χ4n) is 2.10. The van der Waals surface area contributed by atoms with Crippen LogP contribution in [0.5, 0.6) is 0 Å². The van der Waals surface area contributed by atoms with Gasteiger partial charge in [-0.15, -0.1) is 12.3 Å². The largest absolute Gasteiger partial charge is 0.480 e. The van der Waals surface area contributed by atoms with E-state index in [1.54, 1.807) is 6.07 Å². The first-order valence-corrected chi connectivity index (χ1v) is 6.93. The van der Waals surface area contributed by atoms with E-state index in [1.165, 1.54) is 6.20 Å². The van der Waals surface area contributed by atoms with Crippen LogP contribution in [-0.2, 0) is 4.79 Å². The maximum atomic E-state index is 12.2. The minimum atomic E-state index is -1.07. The number of fused-ring (bicyclic) bond motifs is 1. The molecule has 2 aromatic rings. The highest BCUT2D eigenvalue weighted by Gasteiger charge is 2.20. The third-order valence-corrected chi connectivity index (χ3v) is 3.27. The van der Waals surface area contributed by atoms with E-state index in [0.29, 0.717) is 24.8 Å². The second-order valence-corrected chi connectivity index (χ2v) is 4.88. The lowest BCUT2D eigenvalue weighted by Crippen LogP contribution is -2.40. The lowest BCUT2D eigenvalue weighted by atomic mass is 10.1. The Balaban J connectivity index is 2.11. The van der Waals surface area contributed by atoms with Gasteiger partial charge in [0.05, 0.1) is 11.1 Å². The molecule has 0 spiro atoms. The number of benzene rings is 1. The van der Waals surface area contributed by atoms with E-state index >= 15 is 0 Å². The summed E-state index contributed by atoms with van der Waals surface area (Å²) in [4.78, 5) is 27.6. The van der Waals surface area contributed by atoms with Crippen LogP contribution >= 0.6 is 0 Å². The van der Waals surface area contributed by atoms with E-state index in [1.807, 2.05) is 24.3 Å². The van der Waals surface area contributed by atoms with E-state index in [-0.39, 0.29) is 0 Å². The van der Waals surface area contributed by atoms with E-state index in [9.17, 15) is 9.59 Å². The molecule has 0 saturated heterocycles. The molecule has 0 unspecified atom stereocenters. The quantitative estimate of drug-likeness (QED) is 0.633. The van der Waals surface area contributed by atoms with Crippen LogP contribution in [0.15, 0.2) is 36.5 Å². The molecule has 1 atom stereocenters. The molecule has 1 heterocycles. The molecular formula is C17H16N2O3. The number of amides is 1. The number of aliphatic carboxylic acids is 1. The first-order chi connectivity index (χ1) is 10.6. The normalized spacial score (nSPS) is 11.6. The second kappa shape index (κ2) is 7.23. The highest BCUT2D eigenvalue weighted by atomic mass is 16.4. The summed E-state index contributed by atoms with van der Waals surface area (Å²) in [5, 5.41) is 12.5. The van der Waals surface area contributed by atoms with Crippen LogP contribution in [0, 0.1) is 12.3 Å². The number of hydrogen-bond donors (Lipinski definition) is 2. The molecule has 112 valence electrons. The van der Waals surface area contributed by atoms with Gasteiger partial charge in [0.1, 0.15) is 6.04 Å². The summed E-state index contributed by atoms with van der Waals surface area (Å²) < 4.78 is 0. The molecule has 0 saturated carbocycles. The smallest absolute Gasteiger partial charge is 0.326 e. The number of unbranched alkanes of at least 4 members (excludes halogenated alkanes) is 1. The zero-order valence-corrected chi connectivity index (χ0v) is 12.0. The van der Waals surface area contributed by atoms with Crippen molar-refractivity contribution < 1.29 is 14.7 Å². The molecule has 2 N–H and O–H groups in total. The molecule has 0 aliphatic carbocycles. The molecule has 2 rings (SSSR count). The van der Waals surface area contributed by atoms with Gasteiger partial charge in [-0.3, -0.25) is 9.78 Å². The number of pyridine rings is 1. The van der Waals surface area contributed by atoms with Crippen LogP contribution in [0.2, 0.25) is 0 Å². The van der Waals surface area contributed by atoms with Gasteiger partial charge in [-0.2, -0.15) is 0 Å². The Morgan fingerprint density at radius 3 is 2.86 bits per heavy atom. The Bertz CT molecular complexity index is 734. The lowest BCUT2D eigenvalue weighted by Gasteiger charge is -2.14. The standard InChI is InChI=1S/C17H16N2O3/c1-2-3-4-9-15(17(21)22)19-16(20)13-10-12-7-5-6-8-14(12)18-11-13/h1,5-8,10-11,15H,3-4,9H2,(H,19,20)(H,21,22)/t15-/m0/s1. The van der Waals surface area contributed by atoms with Crippen LogP contribution in [0.3, 0.4) is 0 Å². The van der Waals surface area contributed by atoms with Gasteiger partial charge in [0, 0.05) is 18.0 Å². The first-order valence-electron chi connectivity index (χ1n) is 6.93. The number of rotatable bonds is 6. The second-order valence-electron chi connectivity index (χ2n) is 4.88.